The highest BCUT2D eigenvalue weighted by atomic mass is 16.3. The standard InChI is InChI=1S/C16H20N2O/c1-11(2)16-17-12(3)9-14(18-16)10-15(19)13-7-5-4-6-8-13/h4-9,11,15,19H,10H2,1-3H3. The predicted molar refractivity (Wildman–Crippen MR) is 76.0 cm³/mol. The number of aromatic nitrogens is 2. The van der Waals surface area contributed by atoms with E-state index < -0.39 is 6.10 Å². The Morgan fingerprint density at radius 3 is 2.42 bits per heavy atom. The molecule has 2 rings (SSSR count). The molecule has 0 aliphatic rings. The van der Waals surface area contributed by atoms with Gasteiger partial charge in [-0.05, 0) is 18.6 Å². The van der Waals surface area contributed by atoms with Crippen LogP contribution in [0.15, 0.2) is 36.4 Å². The van der Waals surface area contributed by atoms with Gasteiger partial charge in [0.15, 0.2) is 0 Å². The minimum atomic E-state index is -0.518. The first-order valence-corrected chi connectivity index (χ1v) is 6.63. The molecule has 0 saturated carbocycles. The fourth-order valence-electron chi connectivity index (χ4n) is 2.01. The normalized spacial score (nSPS) is 12.7. The summed E-state index contributed by atoms with van der Waals surface area (Å²) < 4.78 is 0. The van der Waals surface area contributed by atoms with Crippen LogP contribution in [0.5, 0.6) is 0 Å². The Bertz CT molecular complexity index is 538. The van der Waals surface area contributed by atoms with Crippen molar-refractivity contribution >= 4 is 0 Å². The average molecular weight is 256 g/mol. The molecule has 1 N–H and O–H groups in total. The number of rotatable bonds is 4. The van der Waals surface area contributed by atoms with Crippen molar-refractivity contribution in [3.8, 4) is 0 Å². The Morgan fingerprint density at radius 1 is 1.11 bits per heavy atom. The second-order valence-corrected chi connectivity index (χ2v) is 5.14. The third kappa shape index (κ3) is 3.61. The molecule has 1 atom stereocenters. The van der Waals surface area contributed by atoms with E-state index in [2.05, 4.69) is 23.8 Å². The summed E-state index contributed by atoms with van der Waals surface area (Å²) in [7, 11) is 0. The quantitative estimate of drug-likeness (QED) is 0.913. The van der Waals surface area contributed by atoms with Crippen LogP contribution < -0.4 is 0 Å². The van der Waals surface area contributed by atoms with E-state index in [1.165, 1.54) is 0 Å². The van der Waals surface area contributed by atoms with Gasteiger partial charge in [0.1, 0.15) is 5.82 Å². The van der Waals surface area contributed by atoms with Crippen molar-refractivity contribution in [2.45, 2.75) is 39.2 Å². The molecule has 0 fully saturated rings. The van der Waals surface area contributed by atoms with E-state index in [4.69, 9.17) is 0 Å². The van der Waals surface area contributed by atoms with Crippen LogP contribution in [0.4, 0.5) is 0 Å². The molecule has 0 aliphatic carbocycles. The topological polar surface area (TPSA) is 46.0 Å². The minimum Gasteiger partial charge on any atom is -0.388 e. The molecule has 0 aliphatic heterocycles. The second-order valence-electron chi connectivity index (χ2n) is 5.14. The fourth-order valence-corrected chi connectivity index (χ4v) is 2.01. The number of nitrogens with zero attached hydrogens (tertiary/aromatic N) is 2. The Balaban J connectivity index is 2.19. The van der Waals surface area contributed by atoms with Crippen LogP contribution in [0.2, 0.25) is 0 Å². The molecule has 100 valence electrons. The molecule has 1 heterocycles. The number of hydrogen-bond acceptors (Lipinski definition) is 3. The Hall–Kier alpha value is -1.74. The van der Waals surface area contributed by atoms with Gasteiger partial charge in [0.05, 0.1) is 6.10 Å². The molecule has 3 nitrogen and oxygen atoms in total. The molecule has 2 aromatic rings. The van der Waals surface area contributed by atoms with Crippen LogP contribution in [0.1, 0.15) is 48.6 Å². The monoisotopic (exact) mass is 256 g/mol. The van der Waals surface area contributed by atoms with E-state index in [0.717, 1.165) is 22.8 Å². The summed E-state index contributed by atoms with van der Waals surface area (Å²) in [4.78, 5) is 8.95. The Labute approximate surface area is 114 Å². The van der Waals surface area contributed by atoms with E-state index in [9.17, 15) is 5.11 Å². The van der Waals surface area contributed by atoms with Crippen molar-refractivity contribution < 1.29 is 5.11 Å². The summed E-state index contributed by atoms with van der Waals surface area (Å²) in [5.74, 6) is 1.14. The molecule has 3 heteroatoms. The van der Waals surface area contributed by atoms with Crippen LogP contribution in [-0.2, 0) is 6.42 Å². The van der Waals surface area contributed by atoms with Crippen LogP contribution in [0.3, 0.4) is 0 Å². The van der Waals surface area contributed by atoms with Gasteiger partial charge in [-0.1, -0.05) is 44.2 Å². The number of aliphatic hydroxyl groups is 1. The van der Waals surface area contributed by atoms with E-state index in [1.54, 1.807) is 0 Å². The van der Waals surface area contributed by atoms with Crippen molar-refractivity contribution in [2.75, 3.05) is 0 Å². The molecule has 1 unspecified atom stereocenters. The van der Waals surface area contributed by atoms with Crippen LogP contribution >= 0.6 is 0 Å². The lowest BCUT2D eigenvalue weighted by Crippen LogP contribution is -2.07. The average Bonchev–Trinajstić information content (AvgIpc) is 2.39. The maximum atomic E-state index is 10.2. The third-order valence-electron chi connectivity index (χ3n) is 3.03. The van der Waals surface area contributed by atoms with E-state index in [-0.39, 0.29) is 0 Å². The molecule has 0 bridgehead atoms. The van der Waals surface area contributed by atoms with Gasteiger partial charge in [0, 0.05) is 23.7 Å². The second kappa shape index (κ2) is 5.93. The highest BCUT2D eigenvalue weighted by Gasteiger charge is 2.12. The van der Waals surface area contributed by atoms with Gasteiger partial charge in [0.2, 0.25) is 0 Å². The zero-order chi connectivity index (χ0) is 13.8. The molecule has 1 aromatic heterocycles. The van der Waals surface area contributed by atoms with Crippen LogP contribution in [0.25, 0.3) is 0 Å². The number of hydrogen-bond donors (Lipinski definition) is 1. The summed E-state index contributed by atoms with van der Waals surface area (Å²) in [5, 5.41) is 10.2. The van der Waals surface area contributed by atoms with Gasteiger partial charge < -0.3 is 5.11 Å². The molecular formula is C16H20N2O. The summed E-state index contributed by atoms with van der Waals surface area (Å²) in [6, 6.07) is 11.6. The lowest BCUT2D eigenvalue weighted by Gasteiger charge is -2.12. The zero-order valence-corrected chi connectivity index (χ0v) is 11.7. The molecule has 1 aromatic carbocycles. The van der Waals surface area contributed by atoms with Crippen molar-refractivity contribution in [3.63, 3.8) is 0 Å². The van der Waals surface area contributed by atoms with E-state index in [0.29, 0.717) is 12.3 Å². The highest BCUT2D eigenvalue weighted by Crippen LogP contribution is 2.18. The third-order valence-corrected chi connectivity index (χ3v) is 3.03. The van der Waals surface area contributed by atoms with Crippen LogP contribution in [0, 0.1) is 6.92 Å². The number of aryl methyl sites for hydroxylation is 1. The van der Waals surface area contributed by atoms with Gasteiger partial charge in [-0.15, -0.1) is 0 Å². The first-order valence-electron chi connectivity index (χ1n) is 6.63. The molecule has 19 heavy (non-hydrogen) atoms. The van der Waals surface area contributed by atoms with Gasteiger partial charge in [-0.25, -0.2) is 9.97 Å². The lowest BCUT2D eigenvalue weighted by molar-refractivity contribution is 0.177. The Kier molecular flexibility index (Phi) is 4.27. The van der Waals surface area contributed by atoms with Crippen molar-refractivity contribution in [3.05, 3.63) is 59.2 Å². The van der Waals surface area contributed by atoms with Crippen molar-refractivity contribution in [2.24, 2.45) is 0 Å². The van der Waals surface area contributed by atoms with E-state index >= 15 is 0 Å². The number of benzene rings is 1. The largest absolute Gasteiger partial charge is 0.388 e. The predicted octanol–water partition coefficient (Wildman–Crippen LogP) is 3.18. The van der Waals surface area contributed by atoms with Gasteiger partial charge in [0.25, 0.3) is 0 Å². The molecule has 0 amide bonds. The summed E-state index contributed by atoms with van der Waals surface area (Å²) in [6.45, 7) is 6.12. The smallest absolute Gasteiger partial charge is 0.131 e. The summed E-state index contributed by atoms with van der Waals surface area (Å²) in [6.07, 6.45) is 0.00288. The van der Waals surface area contributed by atoms with Crippen molar-refractivity contribution in [1.82, 2.24) is 9.97 Å². The maximum Gasteiger partial charge on any atom is 0.131 e. The van der Waals surface area contributed by atoms with Gasteiger partial charge in [-0.3, -0.25) is 0 Å². The first kappa shape index (κ1) is 13.7. The number of aliphatic hydroxyl groups excluding tert-OH is 1. The van der Waals surface area contributed by atoms with Crippen molar-refractivity contribution in [1.29, 1.82) is 0 Å². The fraction of sp³-hybridized carbons (Fsp3) is 0.375. The van der Waals surface area contributed by atoms with Gasteiger partial charge >= 0.3 is 0 Å². The summed E-state index contributed by atoms with van der Waals surface area (Å²) in [5.41, 5.74) is 2.77. The maximum absolute atomic E-state index is 10.2. The minimum absolute atomic E-state index is 0.299. The molecule has 0 saturated heterocycles. The molecule has 0 spiro atoms. The summed E-state index contributed by atoms with van der Waals surface area (Å²) >= 11 is 0. The molecule has 0 radical (unpaired) electrons. The Morgan fingerprint density at radius 2 is 1.79 bits per heavy atom. The van der Waals surface area contributed by atoms with Gasteiger partial charge in [-0.2, -0.15) is 0 Å². The molecular weight excluding hydrogens is 236 g/mol. The SMILES string of the molecule is Cc1cc(CC(O)c2ccccc2)nc(C(C)C)n1. The zero-order valence-electron chi connectivity index (χ0n) is 11.7. The van der Waals surface area contributed by atoms with E-state index in [1.807, 2.05) is 43.3 Å². The van der Waals surface area contributed by atoms with Crippen LogP contribution in [-0.4, -0.2) is 15.1 Å². The highest BCUT2D eigenvalue weighted by molar-refractivity contribution is 5.20. The lowest BCUT2D eigenvalue weighted by atomic mass is 10.0. The first-order chi connectivity index (χ1) is 9.06.